The molecule has 6 nitrogen and oxygen atoms in total. The summed E-state index contributed by atoms with van der Waals surface area (Å²) in [5.74, 6) is 1.62. The Morgan fingerprint density at radius 1 is 1.14 bits per heavy atom. The molecular formula is C21H23ClN4O2S. The van der Waals surface area contributed by atoms with Crippen LogP contribution in [0.1, 0.15) is 22.5 Å². The smallest absolute Gasteiger partial charge is 0.234 e. The van der Waals surface area contributed by atoms with Crippen molar-refractivity contribution in [1.29, 1.82) is 0 Å². The number of nitrogens with zero attached hydrogens (tertiary/aromatic N) is 3. The van der Waals surface area contributed by atoms with Crippen molar-refractivity contribution in [3.05, 3.63) is 63.9 Å². The number of rotatable bonds is 7. The van der Waals surface area contributed by atoms with Gasteiger partial charge in [-0.3, -0.25) is 4.79 Å². The van der Waals surface area contributed by atoms with Crippen molar-refractivity contribution in [2.75, 3.05) is 11.1 Å². The Bertz CT molecular complexity index is 1040. The number of carbonyl (C=O) groups excluding carboxylic acids is 1. The highest BCUT2D eigenvalue weighted by molar-refractivity contribution is 7.99. The van der Waals surface area contributed by atoms with E-state index < -0.39 is 0 Å². The van der Waals surface area contributed by atoms with Crippen molar-refractivity contribution >= 4 is 35.0 Å². The molecule has 0 aliphatic heterocycles. The molecule has 0 radical (unpaired) electrons. The average molecular weight is 431 g/mol. The second-order valence-corrected chi connectivity index (χ2v) is 8.19. The van der Waals surface area contributed by atoms with Crippen LogP contribution in [-0.4, -0.2) is 26.4 Å². The van der Waals surface area contributed by atoms with Gasteiger partial charge in [-0.15, -0.1) is 10.2 Å². The van der Waals surface area contributed by atoms with E-state index in [1.807, 2.05) is 50.6 Å². The highest BCUT2D eigenvalue weighted by atomic mass is 35.5. The topological polar surface area (TPSA) is 69.0 Å². The molecule has 1 aromatic heterocycles. The lowest BCUT2D eigenvalue weighted by Gasteiger charge is -2.10. The van der Waals surface area contributed by atoms with Crippen molar-refractivity contribution in [1.82, 2.24) is 14.8 Å². The maximum Gasteiger partial charge on any atom is 0.234 e. The van der Waals surface area contributed by atoms with Crippen LogP contribution < -0.4 is 10.1 Å². The van der Waals surface area contributed by atoms with Gasteiger partial charge in [-0.1, -0.05) is 41.6 Å². The Morgan fingerprint density at radius 2 is 1.90 bits per heavy atom. The van der Waals surface area contributed by atoms with Gasteiger partial charge in [-0.05, 0) is 55.7 Å². The van der Waals surface area contributed by atoms with Gasteiger partial charge in [0.05, 0.1) is 5.75 Å². The van der Waals surface area contributed by atoms with E-state index in [4.69, 9.17) is 16.3 Å². The van der Waals surface area contributed by atoms with E-state index in [0.717, 1.165) is 22.4 Å². The van der Waals surface area contributed by atoms with Crippen LogP contribution in [0.25, 0.3) is 0 Å². The molecule has 29 heavy (non-hydrogen) atoms. The Morgan fingerprint density at radius 3 is 2.69 bits per heavy atom. The summed E-state index contributed by atoms with van der Waals surface area (Å²) in [6.45, 7) is 6.26. The zero-order valence-corrected chi connectivity index (χ0v) is 18.4. The summed E-state index contributed by atoms with van der Waals surface area (Å²) in [4.78, 5) is 12.3. The van der Waals surface area contributed by atoms with Crippen molar-refractivity contribution in [3.63, 3.8) is 0 Å². The van der Waals surface area contributed by atoms with E-state index in [2.05, 4.69) is 21.6 Å². The maximum absolute atomic E-state index is 12.3. The monoisotopic (exact) mass is 430 g/mol. The Balaban J connectivity index is 1.57. The maximum atomic E-state index is 12.3. The zero-order valence-electron chi connectivity index (χ0n) is 16.8. The van der Waals surface area contributed by atoms with Crippen molar-refractivity contribution in [2.24, 2.45) is 7.05 Å². The van der Waals surface area contributed by atoms with Crippen LogP contribution in [0.3, 0.4) is 0 Å². The molecule has 0 bridgehead atoms. The molecule has 0 saturated heterocycles. The molecule has 0 atom stereocenters. The molecule has 3 aromatic rings. The van der Waals surface area contributed by atoms with Gasteiger partial charge in [0.25, 0.3) is 0 Å². The van der Waals surface area contributed by atoms with Crippen molar-refractivity contribution in [2.45, 2.75) is 32.5 Å². The van der Waals surface area contributed by atoms with Gasteiger partial charge in [0.15, 0.2) is 11.0 Å². The number of carbonyl (C=O) groups is 1. The first-order valence-corrected chi connectivity index (χ1v) is 10.5. The Labute approximate surface area is 179 Å². The summed E-state index contributed by atoms with van der Waals surface area (Å²) in [5.41, 5.74) is 3.88. The summed E-state index contributed by atoms with van der Waals surface area (Å²) >= 11 is 7.32. The molecule has 0 aliphatic carbocycles. The normalized spacial score (nSPS) is 10.8. The van der Waals surface area contributed by atoms with E-state index in [1.54, 1.807) is 12.1 Å². The lowest BCUT2D eigenvalue weighted by Crippen LogP contribution is -2.15. The van der Waals surface area contributed by atoms with Gasteiger partial charge in [-0.25, -0.2) is 0 Å². The minimum Gasteiger partial charge on any atom is -0.485 e. The Kier molecular flexibility index (Phi) is 6.82. The number of halogens is 1. The lowest BCUT2D eigenvalue weighted by molar-refractivity contribution is -0.113. The largest absolute Gasteiger partial charge is 0.485 e. The molecule has 0 spiro atoms. The highest BCUT2D eigenvalue weighted by Gasteiger charge is 2.13. The molecule has 0 unspecified atom stereocenters. The molecule has 0 aliphatic rings. The Hall–Kier alpha value is -2.51. The zero-order chi connectivity index (χ0) is 21.0. The first-order valence-electron chi connectivity index (χ1n) is 9.10. The number of ether oxygens (including phenoxy) is 1. The van der Waals surface area contributed by atoms with E-state index in [0.29, 0.717) is 28.3 Å². The van der Waals surface area contributed by atoms with Crippen LogP contribution in [0.2, 0.25) is 5.02 Å². The first-order chi connectivity index (χ1) is 13.8. The minimum atomic E-state index is -0.128. The van der Waals surface area contributed by atoms with E-state index in [-0.39, 0.29) is 11.7 Å². The molecule has 3 rings (SSSR count). The highest BCUT2D eigenvalue weighted by Crippen LogP contribution is 2.23. The molecule has 8 heteroatoms. The van der Waals surface area contributed by atoms with E-state index >= 15 is 0 Å². The van der Waals surface area contributed by atoms with Crippen LogP contribution in [0.15, 0.2) is 41.6 Å². The molecule has 1 amide bonds. The van der Waals surface area contributed by atoms with Crippen LogP contribution in [-0.2, 0) is 18.4 Å². The number of hydrogen-bond donors (Lipinski definition) is 1. The number of thioether (sulfide) groups is 1. The fraction of sp³-hybridized carbons (Fsp3) is 0.286. The van der Waals surface area contributed by atoms with Gasteiger partial charge in [0.1, 0.15) is 12.4 Å². The number of hydrogen-bond acceptors (Lipinski definition) is 5. The minimum absolute atomic E-state index is 0.128. The fourth-order valence-corrected chi connectivity index (χ4v) is 3.55. The standard InChI is InChI=1S/C21H23ClN4O2S/c1-13-5-6-15(3)18(9-13)28-11-19-24-25-21(26(19)4)29-12-20(27)23-17-10-16(22)8-7-14(17)2/h5-10H,11-12H2,1-4H3,(H,23,27). The summed E-state index contributed by atoms with van der Waals surface area (Å²) in [7, 11) is 1.86. The third kappa shape index (κ3) is 5.52. The van der Waals surface area contributed by atoms with E-state index in [1.165, 1.54) is 11.8 Å². The average Bonchev–Trinajstić information content (AvgIpc) is 3.03. The molecule has 0 saturated carbocycles. The second kappa shape index (κ2) is 9.33. The van der Waals surface area contributed by atoms with Crippen LogP contribution in [0, 0.1) is 20.8 Å². The summed E-state index contributed by atoms with van der Waals surface area (Å²) in [6, 6.07) is 11.5. The van der Waals surface area contributed by atoms with Crippen molar-refractivity contribution < 1.29 is 9.53 Å². The van der Waals surface area contributed by atoms with Crippen molar-refractivity contribution in [3.8, 4) is 5.75 Å². The van der Waals surface area contributed by atoms with E-state index in [9.17, 15) is 4.79 Å². The third-order valence-corrected chi connectivity index (χ3v) is 5.69. The van der Waals surface area contributed by atoms with Gasteiger partial charge < -0.3 is 14.6 Å². The molecule has 1 N–H and O–H groups in total. The van der Waals surface area contributed by atoms with Crippen LogP contribution >= 0.6 is 23.4 Å². The molecule has 152 valence electrons. The third-order valence-electron chi connectivity index (χ3n) is 4.43. The predicted octanol–water partition coefficient (Wildman–Crippen LogP) is 4.70. The number of amides is 1. The van der Waals surface area contributed by atoms with Gasteiger partial charge >= 0.3 is 0 Å². The summed E-state index contributed by atoms with van der Waals surface area (Å²) in [5, 5.41) is 12.5. The first kappa shape index (κ1) is 21.2. The SMILES string of the molecule is Cc1ccc(C)c(OCc2nnc(SCC(=O)Nc3cc(Cl)ccc3C)n2C)c1. The molecule has 2 aromatic carbocycles. The molecule has 0 fully saturated rings. The number of aromatic nitrogens is 3. The number of anilines is 1. The van der Waals surface area contributed by atoms with Gasteiger partial charge in [0, 0.05) is 17.8 Å². The van der Waals surface area contributed by atoms with Crippen LogP contribution in [0.4, 0.5) is 5.69 Å². The summed E-state index contributed by atoms with van der Waals surface area (Å²) < 4.78 is 7.74. The fourth-order valence-electron chi connectivity index (χ4n) is 2.65. The number of benzene rings is 2. The van der Waals surface area contributed by atoms with Crippen LogP contribution in [0.5, 0.6) is 5.75 Å². The number of aryl methyl sites for hydroxylation is 3. The molecular weight excluding hydrogens is 408 g/mol. The number of nitrogens with one attached hydrogen (secondary N) is 1. The lowest BCUT2D eigenvalue weighted by atomic mass is 10.1. The summed E-state index contributed by atoms with van der Waals surface area (Å²) in [6.07, 6.45) is 0. The predicted molar refractivity (Wildman–Crippen MR) is 117 cm³/mol. The second-order valence-electron chi connectivity index (χ2n) is 6.81. The quantitative estimate of drug-likeness (QED) is 0.550. The van der Waals surface area contributed by atoms with Gasteiger partial charge in [0.2, 0.25) is 5.91 Å². The van der Waals surface area contributed by atoms with Gasteiger partial charge in [-0.2, -0.15) is 0 Å². The molecule has 1 heterocycles.